The molecule has 0 aliphatic carbocycles. The van der Waals surface area contributed by atoms with Crippen molar-refractivity contribution in [2.45, 2.75) is 6.42 Å². The standard InChI is InChI=1S/C8H11NO/c9-6-5-7-1-3-8(10)4-2-7/h1-4,10H,5-6,9H2/p+1. The van der Waals surface area contributed by atoms with Crippen LogP contribution in [0.25, 0.3) is 0 Å². The van der Waals surface area contributed by atoms with Gasteiger partial charge in [0.25, 0.3) is 5.75 Å². The highest BCUT2D eigenvalue weighted by Gasteiger charge is 1.92. The van der Waals surface area contributed by atoms with E-state index in [9.17, 15) is 0 Å². The van der Waals surface area contributed by atoms with E-state index in [1.54, 1.807) is 12.1 Å². The Labute approximate surface area is 60.3 Å². The second kappa shape index (κ2) is 3.22. The molecule has 0 saturated carbocycles. The van der Waals surface area contributed by atoms with Gasteiger partial charge in [0.05, 0.1) is 0 Å². The van der Waals surface area contributed by atoms with Crippen molar-refractivity contribution >= 4 is 0 Å². The minimum absolute atomic E-state index is 0.556. The predicted molar refractivity (Wildman–Crippen MR) is 42.3 cm³/mol. The molecule has 0 unspecified atom stereocenters. The summed E-state index contributed by atoms with van der Waals surface area (Å²) in [6.45, 7) is 0.678. The van der Waals surface area contributed by atoms with Crippen LogP contribution in [0.15, 0.2) is 24.3 Å². The van der Waals surface area contributed by atoms with Crippen LogP contribution in [0.2, 0.25) is 0 Å². The molecule has 0 bridgehead atoms. The van der Waals surface area contributed by atoms with E-state index in [4.69, 9.17) is 10.8 Å². The zero-order chi connectivity index (χ0) is 7.40. The highest BCUT2D eigenvalue weighted by atomic mass is 16.3. The van der Waals surface area contributed by atoms with E-state index in [1.807, 2.05) is 12.1 Å². The van der Waals surface area contributed by atoms with Crippen molar-refractivity contribution < 1.29 is 5.11 Å². The van der Waals surface area contributed by atoms with E-state index < -0.39 is 0 Å². The molecular formula is C8H12NO+. The molecule has 2 nitrogen and oxygen atoms in total. The Morgan fingerprint density at radius 2 is 1.80 bits per heavy atom. The maximum absolute atomic E-state index is 7.19. The lowest BCUT2D eigenvalue weighted by Crippen LogP contribution is -2.01. The summed E-state index contributed by atoms with van der Waals surface area (Å²) >= 11 is 0. The van der Waals surface area contributed by atoms with Gasteiger partial charge >= 0.3 is 0 Å². The molecule has 0 fully saturated rings. The largest absolute Gasteiger partial charge is 0.593 e. The number of hydrogen-bond donors (Lipinski definition) is 1. The summed E-state index contributed by atoms with van der Waals surface area (Å²) in [5, 5.41) is 7.19. The fraction of sp³-hybridized carbons (Fsp3) is 0.250. The molecule has 10 heavy (non-hydrogen) atoms. The van der Waals surface area contributed by atoms with Crippen molar-refractivity contribution in [2.75, 3.05) is 6.54 Å². The third-order valence-electron chi connectivity index (χ3n) is 1.39. The summed E-state index contributed by atoms with van der Waals surface area (Å²) in [5.74, 6) is 0.556. The SMILES string of the molecule is NCCc1ccc([OH2+])cc1. The number of benzene rings is 1. The molecule has 1 aromatic rings. The Bertz CT molecular complexity index is 193. The highest BCUT2D eigenvalue weighted by molar-refractivity contribution is 5.25. The molecular weight excluding hydrogens is 126 g/mol. The molecule has 4 N–H and O–H groups in total. The molecule has 0 amide bonds. The lowest BCUT2D eigenvalue weighted by Gasteiger charge is -1.94. The average Bonchev–Trinajstić information content (AvgIpc) is 1.95. The summed E-state index contributed by atoms with van der Waals surface area (Å²) in [7, 11) is 0. The maximum atomic E-state index is 7.19. The first-order valence-corrected chi connectivity index (χ1v) is 3.33. The predicted octanol–water partition coefficient (Wildman–Crippen LogP) is 0.626. The van der Waals surface area contributed by atoms with Crippen LogP contribution >= 0.6 is 0 Å². The van der Waals surface area contributed by atoms with Gasteiger partial charge in [-0.15, -0.1) is 0 Å². The zero-order valence-electron chi connectivity index (χ0n) is 5.80. The molecule has 0 radical (unpaired) electrons. The van der Waals surface area contributed by atoms with Gasteiger partial charge in [-0.2, -0.15) is 0 Å². The Balaban J connectivity index is 2.69. The van der Waals surface area contributed by atoms with Gasteiger partial charge in [0.2, 0.25) is 0 Å². The molecule has 1 aromatic carbocycles. The summed E-state index contributed by atoms with van der Waals surface area (Å²) in [5.41, 5.74) is 6.56. The Morgan fingerprint density at radius 1 is 1.20 bits per heavy atom. The quantitative estimate of drug-likeness (QED) is 0.598. The van der Waals surface area contributed by atoms with E-state index in [0.717, 1.165) is 6.42 Å². The minimum Gasteiger partial charge on any atom is -0.593 e. The fourth-order valence-electron chi connectivity index (χ4n) is 0.838. The van der Waals surface area contributed by atoms with E-state index >= 15 is 0 Å². The van der Waals surface area contributed by atoms with Crippen molar-refractivity contribution in [1.29, 1.82) is 0 Å². The van der Waals surface area contributed by atoms with Crippen molar-refractivity contribution in [3.05, 3.63) is 29.8 Å². The van der Waals surface area contributed by atoms with Crippen molar-refractivity contribution in [1.82, 2.24) is 0 Å². The van der Waals surface area contributed by atoms with Gasteiger partial charge in [-0.3, -0.25) is 0 Å². The molecule has 1 rings (SSSR count). The fourth-order valence-corrected chi connectivity index (χ4v) is 0.838. The Hall–Kier alpha value is -1.02. The normalized spacial score (nSPS) is 9.70. The van der Waals surface area contributed by atoms with Gasteiger partial charge in [-0.25, -0.2) is 0 Å². The van der Waals surface area contributed by atoms with Crippen LogP contribution in [-0.2, 0) is 6.42 Å². The molecule has 0 heterocycles. The van der Waals surface area contributed by atoms with Gasteiger partial charge in [-0.05, 0) is 30.7 Å². The summed E-state index contributed by atoms with van der Waals surface area (Å²) in [6.07, 6.45) is 0.903. The summed E-state index contributed by atoms with van der Waals surface area (Å²) in [6, 6.07) is 7.44. The van der Waals surface area contributed by atoms with Crippen molar-refractivity contribution in [3.63, 3.8) is 0 Å². The molecule has 0 aliphatic rings. The van der Waals surface area contributed by atoms with Gasteiger partial charge < -0.3 is 10.8 Å². The third kappa shape index (κ3) is 1.74. The first-order chi connectivity index (χ1) is 4.83. The molecule has 2 heteroatoms. The van der Waals surface area contributed by atoms with E-state index in [1.165, 1.54) is 5.56 Å². The molecule has 0 atom stereocenters. The molecule has 54 valence electrons. The van der Waals surface area contributed by atoms with Gasteiger partial charge in [0, 0.05) is 12.1 Å². The van der Waals surface area contributed by atoms with Crippen LogP contribution in [0.4, 0.5) is 0 Å². The summed E-state index contributed by atoms with van der Waals surface area (Å²) in [4.78, 5) is 0. The van der Waals surface area contributed by atoms with Crippen LogP contribution in [-0.4, -0.2) is 11.7 Å². The molecule has 0 saturated heterocycles. The lowest BCUT2D eigenvalue weighted by atomic mass is 10.1. The second-order valence-corrected chi connectivity index (χ2v) is 2.24. The van der Waals surface area contributed by atoms with Crippen LogP contribution in [0.3, 0.4) is 0 Å². The molecule has 0 aromatic heterocycles. The lowest BCUT2D eigenvalue weighted by molar-refractivity contribution is 0.475. The Morgan fingerprint density at radius 3 is 2.30 bits per heavy atom. The van der Waals surface area contributed by atoms with Gasteiger partial charge in [0.15, 0.2) is 0 Å². The van der Waals surface area contributed by atoms with E-state index in [2.05, 4.69) is 0 Å². The van der Waals surface area contributed by atoms with Crippen LogP contribution in [0.1, 0.15) is 5.56 Å². The summed E-state index contributed by atoms with van der Waals surface area (Å²) < 4.78 is 0. The first-order valence-electron chi connectivity index (χ1n) is 3.33. The van der Waals surface area contributed by atoms with Gasteiger partial charge in [-0.1, -0.05) is 0 Å². The number of nitrogens with two attached hydrogens (primary N) is 1. The Kier molecular flexibility index (Phi) is 2.29. The van der Waals surface area contributed by atoms with Crippen LogP contribution in [0.5, 0.6) is 5.75 Å². The first kappa shape index (κ1) is 7.09. The molecule has 0 spiro atoms. The van der Waals surface area contributed by atoms with E-state index in [0.29, 0.717) is 12.3 Å². The smallest absolute Gasteiger partial charge is 0.253 e. The van der Waals surface area contributed by atoms with Crippen LogP contribution in [0, 0.1) is 0 Å². The topological polar surface area (TPSA) is 48.9 Å². The third-order valence-corrected chi connectivity index (χ3v) is 1.39. The number of hydrogen-bond acceptors (Lipinski definition) is 1. The minimum atomic E-state index is 0.556. The average molecular weight is 138 g/mol. The van der Waals surface area contributed by atoms with Crippen molar-refractivity contribution in [3.8, 4) is 5.75 Å². The zero-order valence-corrected chi connectivity index (χ0v) is 5.80. The van der Waals surface area contributed by atoms with Gasteiger partial charge in [0.1, 0.15) is 0 Å². The number of rotatable bonds is 2. The monoisotopic (exact) mass is 138 g/mol. The second-order valence-electron chi connectivity index (χ2n) is 2.24. The maximum Gasteiger partial charge on any atom is 0.253 e. The van der Waals surface area contributed by atoms with Crippen LogP contribution < -0.4 is 5.73 Å². The highest BCUT2D eigenvalue weighted by Crippen LogP contribution is 2.09. The van der Waals surface area contributed by atoms with E-state index in [-0.39, 0.29) is 0 Å². The molecule has 0 aliphatic heterocycles. The van der Waals surface area contributed by atoms with Crippen molar-refractivity contribution in [2.24, 2.45) is 5.73 Å².